The highest BCUT2D eigenvalue weighted by Gasteiger charge is 2.42. The van der Waals surface area contributed by atoms with Gasteiger partial charge in [-0.2, -0.15) is 39.5 Å². The van der Waals surface area contributed by atoms with Gasteiger partial charge >= 0.3 is 24.6 Å². The Balaban J connectivity index is 1.40. The fourth-order valence-corrected chi connectivity index (χ4v) is 8.32. The van der Waals surface area contributed by atoms with Crippen LogP contribution in [0.5, 0.6) is 0 Å². The Bertz CT molecular complexity index is 2240. The lowest BCUT2D eigenvalue weighted by Crippen LogP contribution is -2.40. The van der Waals surface area contributed by atoms with Crippen LogP contribution < -0.4 is 0 Å². The number of hydrogen-bond donors (Lipinski definition) is 0. The second-order valence-electron chi connectivity index (χ2n) is 15.7. The number of cyclic esters (lactones) is 1. The summed E-state index contributed by atoms with van der Waals surface area (Å²) in [5, 5.41) is 2.07. The highest BCUT2D eigenvalue weighted by atomic mass is 32.1. The molecule has 1 aliphatic heterocycles. The summed E-state index contributed by atoms with van der Waals surface area (Å²) < 4.78 is 140. The van der Waals surface area contributed by atoms with Gasteiger partial charge in [-0.1, -0.05) is 63.2 Å². The summed E-state index contributed by atoms with van der Waals surface area (Å²) in [5.74, 6) is 0. The molecule has 1 saturated heterocycles. The van der Waals surface area contributed by atoms with Crippen LogP contribution in [0.15, 0.2) is 90.3 Å². The quantitative estimate of drug-likeness (QED) is 0.109. The van der Waals surface area contributed by atoms with Crippen LogP contribution in [0.2, 0.25) is 18.1 Å². The van der Waals surface area contributed by atoms with E-state index in [4.69, 9.17) is 9.16 Å². The summed E-state index contributed by atoms with van der Waals surface area (Å²) in [6.07, 6.45) is -16.6. The van der Waals surface area contributed by atoms with Gasteiger partial charge in [-0.05, 0) is 101 Å². The Labute approximate surface area is 334 Å². The van der Waals surface area contributed by atoms with E-state index in [0.717, 1.165) is 24.3 Å². The van der Waals surface area contributed by atoms with E-state index in [9.17, 15) is 44.3 Å². The van der Waals surface area contributed by atoms with Gasteiger partial charge in [0.15, 0.2) is 8.32 Å². The molecule has 0 saturated carbocycles. The second kappa shape index (κ2) is 15.5. The van der Waals surface area contributed by atoms with Crippen molar-refractivity contribution in [1.29, 1.82) is 0 Å². The molecule has 0 N–H and O–H groups in total. The van der Waals surface area contributed by atoms with Crippen LogP contribution in [0.3, 0.4) is 0 Å². The predicted molar refractivity (Wildman–Crippen MR) is 206 cm³/mol. The van der Waals surface area contributed by atoms with Gasteiger partial charge < -0.3 is 9.16 Å². The average Bonchev–Trinajstić information content (AvgIpc) is 3.72. The fourth-order valence-electron chi connectivity index (χ4n) is 6.51. The third-order valence-corrected chi connectivity index (χ3v) is 16.1. The molecule has 4 aromatic carbocycles. The molecule has 308 valence electrons. The van der Waals surface area contributed by atoms with E-state index in [1.54, 1.807) is 12.3 Å². The van der Waals surface area contributed by atoms with Crippen molar-refractivity contribution < 1.29 is 53.5 Å². The SMILES string of the molecule is C[C@H]1[C@@H](c2cc(-c3ccccc3C(F)(F)F)cc(-c3ccccc3C(F)(F)F)c2)OC(=O)N1Cc1cc(C(F)(F)F)ccc1-c1nc(CO[Si](C)(C)C(C)(C)C)cs1. The van der Waals surface area contributed by atoms with Gasteiger partial charge in [-0.25, -0.2) is 9.78 Å². The smallest absolute Gasteiger partial charge is 0.417 e. The molecule has 1 fully saturated rings. The maximum atomic E-state index is 14.2. The number of ether oxygens (including phenoxy) is 1. The number of carbonyl (C=O) groups excluding carboxylic acids is 1. The van der Waals surface area contributed by atoms with Gasteiger partial charge in [0.25, 0.3) is 0 Å². The zero-order chi connectivity index (χ0) is 42.6. The van der Waals surface area contributed by atoms with Crippen molar-refractivity contribution in [2.24, 2.45) is 0 Å². The minimum absolute atomic E-state index is 0.0741. The molecule has 0 bridgehead atoms. The van der Waals surface area contributed by atoms with Crippen LogP contribution in [0.25, 0.3) is 32.8 Å². The summed E-state index contributed by atoms with van der Waals surface area (Å²) in [6, 6.07) is 15.2. The first-order chi connectivity index (χ1) is 26.8. The molecule has 5 aromatic rings. The van der Waals surface area contributed by atoms with Gasteiger partial charge in [-0.15, -0.1) is 11.3 Å². The normalized spacial score (nSPS) is 16.9. The van der Waals surface area contributed by atoms with E-state index in [1.165, 1.54) is 76.9 Å². The molecule has 1 aromatic heterocycles. The van der Waals surface area contributed by atoms with Crippen LogP contribution in [0, 0.1) is 0 Å². The van der Waals surface area contributed by atoms with Crippen molar-refractivity contribution >= 4 is 25.7 Å². The Morgan fingerprint density at radius 2 is 1.31 bits per heavy atom. The first kappa shape index (κ1) is 42.9. The van der Waals surface area contributed by atoms with Crippen molar-refractivity contribution in [3.8, 4) is 32.8 Å². The Morgan fingerprint density at radius 3 is 1.83 bits per heavy atom. The minimum atomic E-state index is -4.82. The van der Waals surface area contributed by atoms with Crippen LogP contribution in [0.4, 0.5) is 44.3 Å². The first-order valence-corrected chi connectivity index (χ1v) is 21.9. The summed E-state index contributed by atoms with van der Waals surface area (Å²) >= 11 is 1.20. The Kier molecular flexibility index (Phi) is 11.5. The molecule has 5 nitrogen and oxygen atoms in total. The lowest BCUT2D eigenvalue weighted by atomic mass is 9.89. The maximum absolute atomic E-state index is 14.2. The summed E-state index contributed by atoms with van der Waals surface area (Å²) in [4.78, 5) is 19.4. The zero-order valence-electron chi connectivity index (χ0n) is 32.2. The van der Waals surface area contributed by atoms with Crippen LogP contribution in [-0.4, -0.2) is 30.3 Å². The Morgan fingerprint density at radius 1 is 0.759 bits per heavy atom. The largest absolute Gasteiger partial charge is 0.439 e. The number of thiazole rings is 1. The molecule has 1 amide bonds. The maximum Gasteiger partial charge on any atom is 0.417 e. The molecule has 0 unspecified atom stereocenters. The number of halogens is 9. The van der Waals surface area contributed by atoms with Gasteiger partial charge in [0.05, 0.1) is 41.6 Å². The average molecular weight is 851 g/mol. The van der Waals surface area contributed by atoms with E-state index in [2.05, 4.69) is 38.8 Å². The van der Waals surface area contributed by atoms with Crippen molar-refractivity contribution in [3.05, 3.63) is 124 Å². The molecule has 6 rings (SSSR count). The lowest BCUT2D eigenvalue weighted by molar-refractivity contribution is -0.138. The van der Waals surface area contributed by atoms with E-state index >= 15 is 0 Å². The Hall–Kier alpha value is -4.67. The number of hydrogen-bond acceptors (Lipinski definition) is 5. The number of carbonyl (C=O) groups is 1. The number of nitrogens with zero attached hydrogens (tertiary/aromatic N) is 2. The third kappa shape index (κ3) is 8.98. The standard InChI is InChI=1S/C42H39F9N2O3SSi/c1-24-36(27-18-25(31-11-7-9-13-34(31)41(46,47)48)17-26(19-27)32-12-8-10-14-35(32)42(49,50)51)56-38(54)53(24)21-28-20-29(40(43,44)45)15-16-33(28)37-52-30(23-57-37)22-55-58(5,6)39(2,3)4/h7-20,23-24,36H,21-22H2,1-6H3/t24-,36-/m0/s1. The van der Waals surface area contributed by atoms with E-state index in [-0.39, 0.29) is 51.6 Å². The van der Waals surface area contributed by atoms with E-state index < -0.39 is 61.8 Å². The second-order valence-corrected chi connectivity index (χ2v) is 21.3. The molecule has 58 heavy (non-hydrogen) atoms. The topological polar surface area (TPSA) is 51.7 Å². The van der Waals surface area contributed by atoms with Gasteiger partial charge in [0.1, 0.15) is 11.1 Å². The van der Waals surface area contributed by atoms with Gasteiger partial charge in [0, 0.05) is 10.9 Å². The van der Waals surface area contributed by atoms with Crippen molar-refractivity contribution in [3.63, 3.8) is 0 Å². The van der Waals surface area contributed by atoms with E-state index in [1.807, 2.05) is 0 Å². The number of alkyl halides is 9. The minimum Gasteiger partial charge on any atom is -0.439 e. The molecule has 2 atom stereocenters. The number of rotatable bonds is 9. The summed E-state index contributed by atoms with van der Waals surface area (Å²) in [5.41, 5.74) is -2.75. The monoisotopic (exact) mass is 850 g/mol. The molecule has 1 aliphatic rings. The fraction of sp³-hybridized carbons (Fsp3) is 0.333. The molecule has 2 heterocycles. The molecule has 0 aliphatic carbocycles. The highest BCUT2D eigenvalue weighted by molar-refractivity contribution is 7.13. The van der Waals surface area contributed by atoms with Crippen molar-refractivity contribution in [2.45, 2.75) is 89.7 Å². The van der Waals surface area contributed by atoms with Crippen LogP contribution in [0.1, 0.15) is 67.3 Å². The molecule has 0 radical (unpaired) electrons. The van der Waals surface area contributed by atoms with E-state index in [0.29, 0.717) is 16.3 Å². The number of benzene rings is 4. The van der Waals surface area contributed by atoms with Gasteiger partial charge in [0.2, 0.25) is 0 Å². The lowest BCUT2D eigenvalue weighted by Gasteiger charge is -2.35. The van der Waals surface area contributed by atoms with Crippen molar-refractivity contribution in [2.75, 3.05) is 0 Å². The number of amides is 1. The first-order valence-electron chi connectivity index (χ1n) is 18.1. The molecule has 0 spiro atoms. The predicted octanol–water partition coefficient (Wildman–Crippen LogP) is 13.8. The highest BCUT2D eigenvalue weighted by Crippen LogP contribution is 2.45. The molecular formula is C42H39F9N2O3SSi. The molecule has 16 heteroatoms. The van der Waals surface area contributed by atoms with Gasteiger partial charge in [-0.3, -0.25) is 4.90 Å². The summed E-state index contributed by atoms with van der Waals surface area (Å²) in [6.45, 7) is 11.8. The van der Waals surface area contributed by atoms with Crippen LogP contribution >= 0.6 is 11.3 Å². The molecular weight excluding hydrogens is 812 g/mol. The summed E-state index contributed by atoms with van der Waals surface area (Å²) in [7, 11) is -2.16. The number of aromatic nitrogens is 1. The third-order valence-electron chi connectivity index (χ3n) is 10.7. The zero-order valence-corrected chi connectivity index (χ0v) is 34.0. The van der Waals surface area contributed by atoms with Crippen molar-refractivity contribution in [1.82, 2.24) is 9.88 Å². The van der Waals surface area contributed by atoms with Crippen LogP contribution in [-0.2, 0) is 40.8 Å².